The van der Waals surface area contributed by atoms with Gasteiger partial charge in [0, 0.05) is 16.7 Å². The number of aromatic nitrogens is 1. The summed E-state index contributed by atoms with van der Waals surface area (Å²) in [6.45, 7) is 8.00. The lowest BCUT2D eigenvalue weighted by atomic mass is 9.46. The van der Waals surface area contributed by atoms with Crippen molar-refractivity contribution in [1.82, 2.24) is 4.98 Å². The first-order valence-electron chi connectivity index (χ1n) is 13.6. The number of anilines is 1. The molecule has 2 aromatic rings. The summed E-state index contributed by atoms with van der Waals surface area (Å²) < 4.78 is 14.1. The van der Waals surface area contributed by atoms with E-state index in [0.29, 0.717) is 18.0 Å². The van der Waals surface area contributed by atoms with Gasteiger partial charge in [-0.25, -0.2) is 4.98 Å². The zero-order chi connectivity index (χ0) is 26.7. The molecule has 1 aliphatic heterocycles. The molecule has 1 aromatic heterocycles. The minimum atomic E-state index is -1.25. The number of thiazole rings is 1. The molecule has 2 N–H and O–H groups in total. The molecule has 0 radical (unpaired) electrons. The van der Waals surface area contributed by atoms with Crippen molar-refractivity contribution in [2.75, 3.05) is 5.32 Å². The molecule has 8 heteroatoms. The van der Waals surface area contributed by atoms with Gasteiger partial charge in [0.25, 0.3) is 5.91 Å². The molecule has 4 fully saturated rings. The van der Waals surface area contributed by atoms with Crippen molar-refractivity contribution in [2.45, 2.75) is 77.0 Å². The number of hydrogen-bond donors (Lipinski definition) is 2. The van der Waals surface area contributed by atoms with E-state index >= 15 is 0 Å². The van der Waals surface area contributed by atoms with Gasteiger partial charge in [0.2, 0.25) is 0 Å². The fraction of sp³-hybridized carbons (Fsp3) is 0.567. The van der Waals surface area contributed by atoms with Gasteiger partial charge in [-0.1, -0.05) is 49.0 Å². The number of para-hydroxylation sites is 1. The van der Waals surface area contributed by atoms with E-state index in [9.17, 15) is 14.7 Å². The van der Waals surface area contributed by atoms with Gasteiger partial charge in [0.1, 0.15) is 0 Å². The number of rotatable bonds is 2. The summed E-state index contributed by atoms with van der Waals surface area (Å²) in [4.78, 5) is 31.1. The van der Waals surface area contributed by atoms with Crippen molar-refractivity contribution in [3.8, 4) is 0 Å². The molecule has 3 saturated carbocycles. The summed E-state index contributed by atoms with van der Waals surface area (Å²) in [5.41, 5.74) is -0.300. The molecule has 38 heavy (non-hydrogen) atoms. The minimum absolute atomic E-state index is 0.0240. The number of fused-ring (bicyclic) bond motifs is 8. The predicted molar refractivity (Wildman–Crippen MR) is 144 cm³/mol. The second-order valence-corrected chi connectivity index (χ2v) is 13.8. The van der Waals surface area contributed by atoms with Crippen LogP contribution in [0.5, 0.6) is 0 Å². The molecule has 2 heterocycles. The maximum absolute atomic E-state index is 14.3. The first kappa shape index (κ1) is 24.6. The monoisotopic (exact) mass is 534 g/mol. The Hall–Kier alpha value is -2.39. The van der Waals surface area contributed by atoms with Gasteiger partial charge in [0.15, 0.2) is 22.3 Å². The van der Waals surface area contributed by atoms with Crippen LogP contribution in [0.2, 0.25) is 0 Å². The third-order valence-electron chi connectivity index (χ3n) is 10.3. The van der Waals surface area contributed by atoms with Crippen LogP contribution in [0.4, 0.5) is 5.13 Å². The molecule has 7 nitrogen and oxygen atoms in total. The Labute approximate surface area is 226 Å². The molecule has 7 rings (SSSR count). The van der Waals surface area contributed by atoms with Crippen molar-refractivity contribution in [1.29, 1.82) is 0 Å². The highest BCUT2D eigenvalue weighted by Gasteiger charge is 2.77. The van der Waals surface area contributed by atoms with E-state index < -0.39 is 29.0 Å². The molecular formula is C30H34N2O5S. The Bertz CT molecular complexity index is 1400. The van der Waals surface area contributed by atoms with Crippen molar-refractivity contribution >= 4 is 38.4 Å². The van der Waals surface area contributed by atoms with E-state index in [2.05, 4.69) is 24.1 Å². The number of hydrogen-bond acceptors (Lipinski definition) is 7. The SMILES string of the molecule is CC1(C)O[C@@H]2CC3C4CCC5=CC(=O)C=CC5(C)C4[C@@H](O)CC3(C)[C@@]2(C(=O)Nc2nc3ccccc3s2)O1. The highest BCUT2D eigenvalue weighted by atomic mass is 32.1. The van der Waals surface area contributed by atoms with Crippen LogP contribution >= 0.6 is 11.3 Å². The Morgan fingerprint density at radius 1 is 1.21 bits per heavy atom. The van der Waals surface area contributed by atoms with Crippen LogP contribution in [0.15, 0.2) is 48.1 Å². The summed E-state index contributed by atoms with van der Waals surface area (Å²) in [5, 5.41) is 15.5. The van der Waals surface area contributed by atoms with E-state index in [4.69, 9.17) is 9.47 Å². The lowest BCUT2D eigenvalue weighted by molar-refractivity contribution is -0.223. The number of ketones is 1. The Balaban J connectivity index is 1.28. The minimum Gasteiger partial charge on any atom is -0.393 e. The van der Waals surface area contributed by atoms with Crippen LogP contribution in [0.3, 0.4) is 0 Å². The lowest BCUT2D eigenvalue weighted by Crippen LogP contribution is -2.64. The standard InChI is InChI=1S/C30H34N2O5S/c1-27(2)36-23-14-19-18-10-9-16-13-17(33)11-12-28(16,3)24(18)21(34)15-29(19,4)30(23,37-27)25(35)32-26-31-20-7-5-6-8-22(20)38-26/h5-8,11-13,18-19,21,23-24,34H,9-10,14-15H2,1-4H3,(H,31,32,35)/t18?,19?,21-,23+,24?,28?,29?,30+/m0/s1. The van der Waals surface area contributed by atoms with Gasteiger partial charge in [-0.2, -0.15) is 0 Å². The summed E-state index contributed by atoms with van der Waals surface area (Å²) in [6, 6.07) is 7.82. The summed E-state index contributed by atoms with van der Waals surface area (Å²) in [7, 11) is 0. The Morgan fingerprint density at radius 3 is 2.79 bits per heavy atom. The molecule has 0 bridgehead atoms. The number of aliphatic hydroxyl groups is 1. The van der Waals surface area contributed by atoms with Crippen LogP contribution in [-0.2, 0) is 19.1 Å². The van der Waals surface area contributed by atoms with Gasteiger partial charge in [-0.3, -0.25) is 14.9 Å². The highest BCUT2D eigenvalue weighted by molar-refractivity contribution is 7.22. The number of ether oxygens (including phenoxy) is 2. The van der Waals surface area contributed by atoms with E-state index in [0.717, 1.165) is 28.6 Å². The van der Waals surface area contributed by atoms with Crippen molar-refractivity contribution in [3.63, 3.8) is 0 Å². The number of allylic oxidation sites excluding steroid dienone is 4. The smallest absolute Gasteiger partial charge is 0.261 e. The molecule has 1 saturated heterocycles. The molecule has 1 aromatic carbocycles. The van der Waals surface area contributed by atoms with Crippen LogP contribution in [0.25, 0.3) is 10.2 Å². The maximum atomic E-state index is 14.3. The zero-order valence-electron chi connectivity index (χ0n) is 22.2. The molecular weight excluding hydrogens is 500 g/mol. The van der Waals surface area contributed by atoms with Crippen LogP contribution < -0.4 is 5.32 Å². The topological polar surface area (TPSA) is 97.8 Å². The van der Waals surface area contributed by atoms with E-state index in [1.165, 1.54) is 11.3 Å². The summed E-state index contributed by atoms with van der Waals surface area (Å²) in [6.07, 6.45) is 7.15. The fourth-order valence-electron chi connectivity index (χ4n) is 8.93. The van der Waals surface area contributed by atoms with Gasteiger partial charge in [-0.15, -0.1) is 0 Å². The highest BCUT2D eigenvalue weighted by Crippen LogP contribution is 2.70. The molecule has 5 unspecified atom stereocenters. The van der Waals surface area contributed by atoms with E-state index in [1.54, 1.807) is 12.2 Å². The first-order valence-corrected chi connectivity index (χ1v) is 14.5. The van der Waals surface area contributed by atoms with Gasteiger partial charge in [-0.05, 0) is 75.7 Å². The van der Waals surface area contributed by atoms with Crippen LogP contribution in [0, 0.1) is 28.6 Å². The van der Waals surface area contributed by atoms with E-state index in [1.807, 2.05) is 44.2 Å². The molecule has 5 aliphatic rings. The molecule has 8 atom stereocenters. The second kappa shape index (κ2) is 7.84. The number of nitrogens with zero attached hydrogens (tertiary/aromatic N) is 1. The predicted octanol–water partition coefficient (Wildman–Crippen LogP) is 5.01. The average Bonchev–Trinajstić information content (AvgIpc) is 3.45. The second-order valence-electron chi connectivity index (χ2n) is 12.7. The number of amides is 1. The number of nitrogens with one attached hydrogen (secondary N) is 1. The molecule has 200 valence electrons. The quantitative estimate of drug-likeness (QED) is 0.562. The van der Waals surface area contributed by atoms with Crippen molar-refractivity contribution < 1.29 is 24.2 Å². The average molecular weight is 535 g/mol. The first-order chi connectivity index (χ1) is 18.0. The van der Waals surface area contributed by atoms with Crippen molar-refractivity contribution in [3.05, 3.63) is 48.1 Å². The summed E-state index contributed by atoms with van der Waals surface area (Å²) in [5.74, 6) is -0.864. The number of carbonyl (C=O) groups is 2. The van der Waals surface area contributed by atoms with E-state index in [-0.39, 0.29) is 34.9 Å². The number of carbonyl (C=O) groups excluding carboxylic acids is 2. The summed E-state index contributed by atoms with van der Waals surface area (Å²) >= 11 is 1.44. The maximum Gasteiger partial charge on any atom is 0.261 e. The third-order valence-corrected chi connectivity index (χ3v) is 11.3. The van der Waals surface area contributed by atoms with Gasteiger partial charge in [0.05, 0.1) is 22.4 Å². The van der Waals surface area contributed by atoms with Gasteiger partial charge >= 0.3 is 0 Å². The zero-order valence-corrected chi connectivity index (χ0v) is 23.0. The molecule has 0 spiro atoms. The molecule has 4 aliphatic carbocycles. The lowest BCUT2D eigenvalue weighted by Gasteiger charge is -2.59. The largest absolute Gasteiger partial charge is 0.393 e. The Kier molecular flexibility index (Phi) is 5.08. The Morgan fingerprint density at radius 2 is 2.00 bits per heavy atom. The number of benzene rings is 1. The fourth-order valence-corrected chi connectivity index (χ4v) is 9.80. The molecule has 1 amide bonds. The van der Waals surface area contributed by atoms with Crippen LogP contribution in [-0.4, -0.2) is 45.4 Å². The van der Waals surface area contributed by atoms with Gasteiger partial charge < -0.3 is 14.6 Å². The normalized spacial score (nSPS) is 42.7. The number of aliphatic hydroxyl groups excluding tert-OH is 1. The van der Waals surface area contributed by atoms with Crippen molar-refractivity contribution in [2.24, 2.45) is 28.6 Å². The third kappa shape index (κ3) is 3.14. The van der Waals surface area contributed by atoms with Crippen LogP contribution in [0.1, 0.15) is 53.4 Å².